The van der Waals surface area contributed by atoms with E-state index in [1.165, 1.54) is 23.1 Å². The molecule has 1 aromatic rings. The van der Waals surface area contributed by atoms with Crippen molar-refractivity contribution in [2.24, 2.45) is 0 Å². The Hall–Kier alpha value is -2.23. The Bertz CT molecular complexity index is 576. The van der Waals surface area contributed by atoms with Crippen LogP contribution in [-0.4, -0.2) is 23.3 Å². The summed E-state index contributed by atoms with van der Waals surface area (Å²) in [6.07, 6.45) is 6.75. The average molecular weight is 259 g/mol. The Morgan fingerprint density at radius 2 is 2.21 bits per heavy atom. The Kier molecular flexibility index (Phi) is 3.90. The lowest BCUT2D eigenvalue weighted by molar-refractivity contribution is -0.139. The van der Waals surface area contributed by atoms with Gasteiger partial charge in [-0.05, 0) is 48.8 Å². The molecule has 2 rings (SSSR count). The van der Waals surface area contributed by atoms with Crippen LogP contribution in [0.1, 0.15) is 17.5 Å². The maximum atomic E-state index is 13.1. The van der Waals surface area contributed by atoms with E-state index >= 15 is 0 Å². The van der Waals surface area contributed by atoms with Gasteiger partial charge in [0.1, 0.15) is 5.82 Å². The van der Waals surface area contributed by atoms with Crippen molar-refractivity contribution >= 4 is 17.9 Å². The summed E-state index contributed by atoms with van der Waals surface area (Å²) < 4.78 is 13.1. The van der Waals surface area contributed by atoms with Gasteiger partial charge in [-0.15, -0.1) is 0 Å². The lowest BCUT2D eigenvalue weighted by Gasteiger charge is -2.19. The van der Waals surface area contributed by atoms with Gasteiger partial charge in [0.25, 0.3) is 11.8 Å². The van der Waals surface area contributed by atoms with Crippen molar-refractivity contribution in [1.82, 2.24) is 4.90 Å². The summed E-state index contributed by atoms with van der Waals surface area (Å²) in [5.41, 5.74) is 1.25. The lowest BCUT2D eigenvalue weighted by atomic mass is 10.1. The molecular formula is C15H14FNO2. The number of carbonyl (C=O) groups excluding carboxylic acids is 2. The van der Waals surface area contributed by atoms with Gasteiger partial charge >= 0.3 is 0 Å². The number of nitrogens with zero attached hydrogens (tertiary/aromatic N) is 1. The lowest BCUT2D eigenvalue weighted by Crippen LogP contribution is -2.37. The number of carbonyl (C=O) groups is 2. The zero-order valence-corrected chi connectivity index (χ0v) is 10.6. The van der Waals surface area contributed by atoms with E-state index in [2.05, 4.69) is 0 Å². The van der Waals surface area contributed by atoms with Gasteiger partial charge in [0.05, 0.1) is 0 Å². The molecule has 3 nitrogen and oxygen atoms in total. The molecule has 0 radical (unpaired) electrons. The highest BCUT2D eigenvalue weighted by Crippen LogP contribution is 2.11. The van der Waals surface area contributed by atoms with Crippen LogP contribution >= 0.6 is 0 Å². The van der Waals surface area contributed by atoms with Gasteiger partial charge in [-0.25, -0.2) is 4.39 Å². The van der Waals surface area contributed by atoms with E-state index in [0.29, 0.717) is 18.5 Å². The van der Waals surface area contributed by atoms with Crippen molar-refractivity contribution in [3.05, 3.63) is 53.4 Å². The van der Waals surface area contributed by atoms with Gasteiger partial charge in [0, 0.05) is 12.6 Å². The van der Waals surface area contributed by atoms with Crippen LogP contribution in [0, 0.1) is 12.7 Å². The smallest absolute Gasteiger partial charge is 0.253 e. The van der Waals surface area contributed by atoms with Crippen LogP contribution in [-0.2, 0) is 9.59 Å². The number of hydrogen-bond donors (Lipinski definition) is 0. The van der Waals surface area contributed by atoms with Crippen LogP contribution in [0.3, 0.4) is 0 Å². The molecule has 0 bridgehead atoms. The standard InChI is InChI=1S/C15H14FNO2/c1-11-10-12(5-7-13(11)16)6-8-15(19)17-9-3-2-4-14(17)18/h2,4-8,10H,3,9H2,1H3/b8-6+. The van der Waals surface area contributed by atoms with Crippen LogP contribution in [0.2, 0.25) is 0 Å². The largest absolute Gasteiger partial charge is 0.275 e. The maximum Gasteiger partial charge on any atom is 0.253 e. The van der Waals surface area contributed by atoms with Gasteiger partial charge in [0.2, 0.25) is 0 Å². The Balaban J connectivity index is 2.09. The fraction of sp³-hybridized carbons (Fsp3) is 0.200. The van der Waals surface area contributed by atoms with Crippen LogP contribution in [0.15, 0.2) is 36.4 Å². The minimum absolute atomic E-state index is 0.278. The molecule has 1 aliphatic rings. The molecule has 0 fully saturated rings. The highest BCUT2D eigenvalue weighted by molar-refractivity contribution is 6.06. The molecule has 19 heavy (non-hydrogen) atoms. The number of hydrogen-bond acceptors (Lipinski definition) is 2. The molecule has 1 aromatic carbocycles. The molecule has 0 spiro atoms. The van der Waals surface area contributed by atoms with Crippen molar-refractivity contribution < 1.29 is 14.0 Å². The molecule has 4 heteroatoms. The van der Waals surface area contributed by atoms with Crippen molar-refractivity contribution in [1.29, 1.82) is 0 Å². The number of benzene rings is 1. The third kappa shape index (κ3) is 3.16. The SMILES string of the molecule is Cc1cc(/C=C/C(=O)N2CCC=CC2=O)ccc1F. The van der Waals surface area contributed by atoms with E-state index in [-0.39, 0.29) is 17.6 Å². The number of rotatable bonds is 2. The normalized spacial score (nSPS) is 15.3. The van der Waals surface area contributed by atoms with Crippen molar-refractivity contribution in [2.45, 2.75) is 13.3 Å². The van der Waals surface area contributed by atoms with Crippen LogP contribution in [0.25, 0.3) is 6.08 Å². The number of aryl methyl sites for hydroxylation is 1. The minimum Gasteiger partial charge on any atom is -0.275 e. The molecule has 0 saturated heterocycles. The second kappa shape index (κ2) is 5.61. The summed E-state index contributed by atoms with van der Waals surface area (Å²) in [5.74, 6) is -0.924. The van der Waals surface area contributed by atoms with Crippen molar-refractivity contribution in [3.63, 3.8) is 0 Å². The van der Waals surface area contributed by atoms with E-state index in [0.717, 1.165) is 5.56 Å². The third-order valence-electron chi connectivity index (χ3n) is 2.91. The Labute approximate surface area is 111 Å². The fourth-order valence-electron chi connectivity index (χ4n) is 1.84. The van der Waals surface area contributed by atoms with Crippen LogP contribution in [0.4, 0.5) is 4.39 Å². The van der Waals surface area contributed by atoms with E-state index in [1.54, 1.807) is 31.2 Å². The minimum atomic E-state index is -0.351. The second-order valence-electron chi connectivity index (χ2n) is 4.36. The van der Waals surface area contributed by atoms with Gasteiger partial charge in [0.15, 0.2) is 0 Å². The maximum absolute atomic E-state index is 13.1. The predicted molar refractivity (Wildman–Crippen MR) is 70.6 cm³/mol. The molecule has 98 valence electrons. The first kappa shape index (κ1) is 13.2. The zero-order valence-electron chi connectivity index (χ0n) is 10.6. The second-order valence-corrected chi connectivity index (χ2v) is 4.36. The van der Waals surface area contributed by atoms with Gasteiger partial charge in [-0.3, -0.25) is 14.5 Å². The first-order valence-electron chi connectivity index (χ1n) is 6.04. The Morgan fingerprint density at radius 1 is 1.42 bits per heavy atom. The first-order valence-corrected chi connectivity index (χ1v) is 6.04. The average Bonchev–Trinajstić information content (AvgIpc) is 2.40. The molecule has 1 aliphatic heterocycles. The van der Waals surface area contributed by atoms with Crippen LogP contribution in [0.5, 0.6) is 0 Å². The molecule has 0 saturated carbocycles. The number of amides is 2. The highest BCUT2D eigenvalue weighted by Gasteiger charge is 2.18. The molecule has 1 heterocycles. The van der Waals surface area contributed by atoms with E-state index in [9.17, 15) is 14.0 Å². The third-order valence-corrected chi connectivity index (χ3v) is 2.91. The molecule has 0 aliphatic carbocycles. The summed E-state index contributed by atoms with van der Waals surface area (Å²) in [5, 5.41) is 0. The Morgan fingerprint density at radius 3 is 2.89 bits per heavy atom. The zero-order chi connectivity index (χ0) is 13.8. The number of imide groups is 1. The van der Waals surface area contributed by atoms with Gasteiger partial charge in [-0.1, -0.05) is 12.1 Å². The molecule has 2 amide bonds. The van der Waals surface area contributed by atoms with E-state index in [4.69, 9.17) is 0 Å². The monoisotopic (exact) mass is 259 g/mol. The number of halogens is 1. The van der Waals surface area contributed by atoms with Gasteiger partial charge < -0.3 is 0 Å². The molecule has 0 N–H and O–H groups in total. The summed E-state index contributed by atoms with van der Waals surface area (Å²) in [7, 11) is 0. The molecular weight excluding hydrogens is 245 g/mol. The van der Waals surface area contributed by atoms with Crippen molar-refractivity contribution in [3.8, 4) is 0 Å². The summed E-state index contributed by atoms with van der Waals surface area (Å²) >= 11 is 0. The van der Waals surface area contributed by atoms with E-state index < -0.39 is 0 Å². The quantitative estimate of drug-likeness (QED) is 0.765. The van der Waals surface area contributed by atoms with E-state index in [1.807, 2.05) is 0 Å². The fourth-order valence-corrected chi connectivity index (χ4v) is 1.84. The summed E-state index contributed by atoms with van der Waals surface area (Å²) in [6.45, 7) is 2.06. The van der Waals surface area contributed by atoms with Crippen LogP contribution < -0.4 is 0 Å². The molecule has 0 aromatic heterocycles. The summed E-state index contributed by atoms with van der Waals surface area (Å²) in [6, 6.07) is 4.59. The topological polar surface area (TPSA) is 37.4 Å². The summed E-state index contributed by atoms with van der Waals surface area (Å²) in [4.78, 5) is 24.5. The van der Waals surface area contributed by atoms with Gasteiger partial charge in [-0.2, -0.15) is 0 Å². The van der Waals surface area contributed by atoms with Crippen molar-refractivity contribution in [2.75, 3.05) is 6.54 Å². The predicted octanol–water partition coefficient (Wildman–Crippen LogP) is 2.46. The first-order chi connectivity index (χ1) is 9.08. The molecule has 0 unspecified atom stereocenters. The highest BCUT2D eigenvalue weighted by atomic mass is 19.1. The molecule has 0 atom stereocenters.